The number of amides is 1. The van der Waals surface area contributed by atoms with Crippen LogP contribution < -0.4 is 0 Å². The van der Waals surface area contributed by atoms with Gasteiger partial charge in [-0.25, -0.2) is 4.79 Å². The van der Waals surface area contributed by atoms with Gasteiger partial charge in [-0.2, -0.15) is 0 Å². The number of methoxy groups -OCH3 is 1. The maximum absolute atomic E-state index is 12.6. The van der Waals surface area contributed by atoms with Crippen molar-refractivity contribution in [1.29, 1.82) is 0 Å². The maximum atomic E-state index is 12.6. The zero-order valence-corrected chi connectivity index (χ0v) is 13.0. The average molecular weight is 289 g/mol. The van der Waals surface area contributed by atoms with Crippen molar-refractivity contribution in [2.45, 2.75) is 45.6 Å². The second-order valence-electron chi connectivity index (χ2n) is 5.73. The molecule has 114 valence electrons. The number of nitrogens with zero attached hydrogens (tertiary/aromatic N) is 1. The van der Waals surface area contributed by atoms with Gasteiger partial charge in [0.1, 0.15) is 6.04 Å². The van der Waals surface area contributed by atoms with Crippen molar-refractivity contribution in [1.82, 2.24) is 4.90 Å². The number of carbonyl (C=O) groups is 2. The van der Waals surface area contributed by atoms with Crippen molar-refractivity contribution in [3.63, 3.8) is 0 Å². The third-order valence-electron chi connectivity index (χ3n) is 4.14. The molecule has 0 aliphatic carbocycles. The highest BCUT2D eigenvalue weighted by molar-refractivity contribution is 5.86. The minimum atomic E-state index is -0.415. The van der Waals surface area contributed by atoms with Crippen LogP contribution in [0.3, 0.4) is 0 Å². The maximum Gasteiger partial charge on any atom is 0.328 e. The molecule has 1 saturated heterocycles. The lowest BCUT2D eigenvalue weighted by molar-refractivity contribution is -0.154. The predicted octanol–water partition coefficient (Wildman–Crippen LogP) is 2.40. The molecular weight excluding hydrogens is 266 g/mol. The van der Waals surface area contributed by atoms with Crippen LogP contribution in [-0.4, -0.2) is 36.5 Å². The average Bonchev–Trinajstić information content (AvgIpc) is 2.50. The molecule has 21 heavy (non-hydrogen) atoms. The fourth-order valence-corrected chi connectivity index (χ4v) is 2.87. The SMILES string of the molecule is COC(=O)[C@H]1CCCCN1C(=O)Cc1cc(C)ccc1C. The monoisotopic (exact) mass is 289 g/mol. The van der Waals surface area contributed by atoms with E-state index in [1.165, 1.54) is 7.11 Å². The highest BCUT2D eigenvalue weighted by Gasteiger charge is 2.32. The summed E-state index contributed by atoms with van der Waals surface area (Å²) in [5.74, 6) is -0.289. The molecule has 4 nitrogen and oxygen atoms in total. The summed E-state index contributed by atoms with van der Waals surface area (Å²) in [7, 11) is 1.38. The normalized spacial score (nSPS) is 18.4. The van der Waals surface area contributed by atoms with Crippen LogP contribution in [0, 0.1) is 13.8 Å². The molecule has 1 aliphatic rings. The van der Waals surface area contributed by atoms with Gasteiger partial charge in [-0.3, -0.25) is 4.79 Å². The van der Waals surface area contributed by atoms with E-state index in [0.717, 1.165) is 29.5 Å². The number of benzene rings is 1. The topological polar surface area (TPSA) is 46.6 Å². The van der Waals surface area contributed by atoms with Crippen molar-refractivity contribution in [3.8, 4) is 0 Å². The lowest BCUT2D eigenvalue weighted by atomic mass is 9.98. The smallest absolute Gasteiger partial charge is 0.328 e. The number of ether oxygens (including phenoxy) is 1. The molecule has 1 heterocycles. The van der Waals surface area contributed by atoms with Crippen LogP contribution in [0.4, 0.5) is 0 Å². The standard InChI is InChI=1S/C17H23NO3/c1-12-7-8-13(2)14(10-12)11-16(19)18-9-5-4-6-15(18)17(20)21-3/h7-8,10,15H,4-6,9,11H2,1-3H3/t15-/m1/s1. The number of aryl methyl sites for hydroxylation is 2. The Bertz CT molecular complexity index is 539. The molecule has 0 unspecified atom stereocenters. The Balaban J connectivity index is 2.14. The van der Waals surface area contributed by atoms with E-state index in [0.29, 0.717) is 19.4 Å². The fourth-order valence-electron chi connectivity index (χ4n) is 2.87. The van der Waals surface area contributed by atoms with Gasteiger partial charge in [-0.1, -0.05) is 23.8 Å². The summed E-state index contributed by atoms with van der Waals surface area (Å²) < 4.78 is 4.83. The van der Waals surface area contributed by atoms with E-state index in [4.69, 9.17) is 4.74 Å². The first kappa shape index (κ1) is 15.5. The van der Waals surface area contributed by atoms with Gasteiger partial charge >= 0.3 is 5.97 Å². The fraction of sp³-hybridized carbons (Fsp3) is 0.529. The van der Waals surface area contributed by atoms with Crippen LogP contribution in [0.15, 0.2) is 18.2 Å². The molecule has 1 aromatic rings. The molecule has 0 spiro atoms. The van der Waals surface area contributed by atoms with E-state index in [-0.39, 0.29) is 11.9 Å². The molecule has 0 radical (unpaired) electrons. The number of esters is 1. The van der Waals surface area contributed by atoms with Crippen LogP contribution in [-0.2, 0) is 20.7 Å². The lowest BCUT2D eigenvalue weighted by Gasteiger charge is -2.34. The summed E-state index contributed by atoms with van der Waals surface area (Å²) in [4.78, 5) is 26.1. The van der Waals surface area contributed by atoms with E-state index in [1.807, 2.05) is 32.0 Å². The number of rotatable bonds is 3. The van der Waals surface area contributed by atoms with E-state index in [2.05, 4.69) is 0 Å². The lowest BCUT2D eigenvalue weighted by Crippen LogP contribution is -2.49. The third-order valence-corrected chi connectivity index (χ3v) is 4.14. The van der Waals surface area contributed by atoms with Gasteiger partial charge in [0.25, 0.3) is 0 Å². The highest BCUT2D eigenvalue weighted by atomic mass is 16.5. The number of hydrogen-bond donors (Lipinski definition) is 0. The van der Waals surface area contributed by atoms with Crippen molar-refractivity contribution in [3.05, 3.63) is 34.9 Å². The summed E-state index contributed by atoms with van der Waals surface area (Å²) in [6, 6.07) is 5.71. The molecule has 2 rings (SSSR count). The van der Waals surface area contributed by atoms with Gasteiger partial charge in [-0.15, -0.1) is 0 Å². The Morgan fingerprint density at radius 1 is 1.29 bits per heavy atom. The van der Waals surface area contributed by atoms with Crippen LogP contribution in [0.5, 0.6) is 0 Å². The molecule has 0 aromatic heterocycles. The van der Waals surface area contributed by atoms with Crippen molar-refractivity contribution >= 4 is 11.9 Å². The molecule has 1 aliphatic heterocycles. The van der Waals surface area contributed by atoms with E-state index >= 15 is 0 Å². The quantitative estimate of drug-likeness (QED) is 0.803. The molecule has 1 aromatic carbocycles. The Morgan fingerprint density at radius 2 is 2.05 bits per heavy atom. The predicted molar refractivity (Wildman–Crippen MR) is 81.0 cm³/mol. The number of carbonyl (C=O) groups excluding carboxylic acids is 2. The minimum Gasteiger partial charge on any atom is -0.467 e. The zero-order valence-electron chi connectivity index (χ0n) is 13.0. The molecule has 1 atom stereocenters. The Morgan fingerprint density at radius 3 is 2.76 bits per heavy atom. The number of piperidine rings is 1. The van der Waals surface area contributed by atoms with Gasteiger partial charge < -0.3 is 9.64 Å². The van der Waals surface area contributed by atoms with Gasteiger partial charge in [-0.05, 0) is 44.2 Å². The molecule has 1 amide bonds. The second-order valence-corrected chi connectivity index (χ2v) is 5.73. The van der Waals surface area contributed by atoms with Crippen molar-refractivity contribution in [2.75, 3.05) is 13.7 Å². The number of likely N-dealkylation sites (tertiary alicyclic amines) is 1. The molecule has 0 saturated carbocycles. The van der Waals surface area contributed by atoms with Gasteiger partial charge in [0.2, 0.25) is 5.91 Å². The minimum absolute atomic E-state index is 0.0128. The molecule has 1 fully saturated rings. The molecule has 0 N–H and O–H groups in total. The summed E-state index contributed by atoms with van der Waals surface area (Å²) in [5, 5.41) is 0. The van der Waals surface area contributed by atoms with E-state index < -0.39 is 6.04 Å². The Hall–Kier alpha value is -1.84. The van der Waals surface area contributed by atoms with Gasteiger partial charge in [0.05, 0.1) is 13.5 Å². The summed E-state index contributed by atoms with van der Waals surface area (Å²) >= 11 is 0. The zero-order chi connectivity index (χ0) is 15.4. The van der Waals surface area contributed by atoms with Crippen LogP contribution in [0.25, 0.3) is 0 Å². The highest BCUT2D eigenvalue weighted by Crippen LogP contribution is 2.20. The molecular formula is C17H23NO3. The molecule has 0 bridgehead atoms. The van der Waals surface area contributed by atoms with Gasteiger partial charge in [0.15, 0.2) is 0 Å². The van der Waals surface area contributed by atoms with Crippen LogP contribution >= 0.6 is 0 Å². The van der Waals surface area contributed by atoms with Gasteiger partial charge in [0, 0.05) is 6.54 Å². The van der Waals surface area contributed by atoms with E-state index in [9.17, 15) is 9.59 Å². The largest absolute Gasteiger partial charge is 0.467 e. The first-order valence-corrected chi connectivity index (χ1v) is 7.46. The van der Waals surface area contributed by atoms with Crippen LogP contribution in [0.1, 0.15) is 36.0 Å². The first-order valence-electron chi connectivity index (χ1n) is 7.46. The third kappa shape index (κ3) is 3.63. The molecule has 4 heteroatoms. The summed E-state index contributed by atoms with van der Waals surface area (Å²) in [5.41, 5.74) is 3.29. The van der Waals surface area contributed by atoms with Crippen LogP contribution in [0.2, 0.25) is 0 Å². The van der Waals surface area contributed by atoms with E-state index in [1.54, 1.807) is 4.90 Å². The number of hydrogen-bond acceptors (Lipinski definition) is 3. The van der Waals surface area contributed by atoms with Crippen molar-refractivity contribution in [2.24, 2.45) is 0 Å². The first-order chi connectivity index (χ1) is 10.0. The van der Waals surface area contributed by atoms with Crippen molar-refractivity contribution < 1.29 is 14.3 Å². The Kier molecular flexibility index (Phi) is 4.99. The summed E-state index contributed by atoms with van der Waals surface area (Å²) in [6.45, 7) is 4.67. The summed E-state index contributed by atoms with van der Waals surface area (Å²) in [6.07, 6.45) is 2.96. The second kappa shape index (κ2) is 6.74. The Labute approximate surface area is 126 Å².